The molecule has 11 heteroatoms. The third-order valence-electron chi connectivity index (χ3n) is 6.60. The third kappa shape index (κ3) is 6.30. The molecule has 210 valence electrons. The quantitative estimate of drug-likeness (QED) is 0.151. The van der Waals surface area contributed by atoms with Crippen LogP contribution in [0, 0.1) is 6.92 Å². The lowest BCUT2D eigenvalue weighted by Crippen LogP contribution is -2.23. The average molecular weight is 578 g/mol. The Morgan fingerprint density at radius 2 is 1.85 bits per heavy atom. The zero-order valence-corrected chi connectivity index (χ0v) is 23.2. The Bertz CT molecular complexity index is 1760. The van der Waals surface area contributed by atoms with Crippen LogP contribution >= 0.6 is 12.1 Å². The van der Waals surface area contributed by atoms with Crippen LogP contribution in [0.4, 0.5) is 23.7 Å². The van der Waals surface area contributed by atoms with Gasteiger partial charge in [-0.1, -0.05) is 43.3 Å². The number of aryl methyl sites for hydroxylation is 2. The summed E-state index contributed by atoms with van der Waals surface area (Å²) in [6.07, 6.45) is -2.30. The van der Waals surface area contributed by atoms with E-state index in [2.05, 4.69) is 24.2 Å². The van der Waals surface area contributed by atoms with Crippen molar-refractivity contribution in [1.82, 2.24) is 14.3 Å². The molecule has 2 amide bonds. The van der Waals surface area contributed by atoms with Gasteiger partial charge in [-0.05, 0) is 78.7 Å². The first-order valence-electron chi connectivity index (χ1n) is 12.8. The van der Waals surface area contributed by atoms with Crippen LogP contribution in [0.25, 0.3) is 27.5 Å². The molecule has 0 unspecified atom stereocenters. The molecule has 0 atom stereocenters. The lowest BCUT2D eigenvalue weighted by molar-refractivity contribution is -0.274. The van der Waals surface area contributed by atoms with E-state index in [0.717, 1.165) is 68.5 Å². The molecule has 0 radical (unpaired) electrons. The van der Waals surface area contributed by atoms with Crippen LogP contribution in [-0.4, -0.2) is 27.7 Å². The predicted molar refractivity (Wildman–Crippen MR) is 158 cm³/mol. The van der Waals surface area contributed by atoms with Gasteiger partial charge in [0.25, 0.3) is 0 Å². The van der Waals surface area contributed by atoms with E-state index in [1.54, 1.807) is 23.0 Å². The Kier molecular flexibility index (Phi) is 7.89. The number of hydrogen-bond acceptors (Lipinski definition) is 5. The molecule has 0 aliphatic heterocycles. The summed E-state index contributed by atoms with van der Waals surface area (Å²) in [4.78, 5) is 17.0. The van der Waals surface area contributed by atoms with Gasteiger partial charge in [-0.3, -0.25) is 9.29 Å². The highest BCUT2D eigenvalue weighted by atomic mass is 32.2. The van der Waals surface area contributed by atoms with Crippen molar-refractivity contribution in [3.8, 4) is 11.4 Å². The van der Waals surface area contributed by atoms with Crippen molar-refractivity contribution in [1.29, 1.82) is 0 Å². The van der Waals surface area contributed by atoms with Crippen molar-refractivity contribution in [2.75, 3.05) is 5.32 Å². The van der Waals surface area contributed by atoms with Crippen LogP contribution < -0.4 is 14.8 Å². The summed E-state index contributed by atoms with van der Waals surface area (Å²) >= 11 is 0.955. The zero-order chi connectivity index (χ0) is 29.1. The summed E-state index contributed by atoms with van der Waals surface area (Å²) in [5, 5.41) is 4.78. The van der Waals surface area contributed by atoms with Gasteiger partial charge in [0.05, 0.1) is 28.9 Å². The second-order valence-electron chi connectivity index (χ2n) is 9.31. The Morgan fingerprint density at radius 3 is 2.59 bits per heavy atom. The normalized spacial score (nSPS) is 12.1. The molecule has 2 N–H and O–H groups in total. The molecule has 41 heavy (non-hydrogen) atoms. The van der Waals surface area contributed by atoms with Crippen molar-refractivity contribution in [3.63, 3.8) is 0 Å². The SMILES string of the molecule is CCc1cccc(C)c1NC(=O)NSN=C(C)c1ccc2c(ccc3c2ncn3-c2ccc(OC(F)(F)F)cc2)c1. The fourth-order valence-electron chi connectivity index (χ4n) is 4.58. The van der Waals surface area contributed by atoms with Crippen molar-refractivity contribution in [2.45, 2.75) is 33.6 Å². The van der Waals surface area contributed by atoms with Gasteiger partial charge in [-0.2, -0.15) is 4.40 Å². The second-order valence-corrected chi connectivity index (χ2v) is 9.88. The number of hydrogen-bond donors (Lipinski definition) is 2. The largest absolute Gasteiger partial charge is 0.573 e. The Morgan fingerprint density at radius 1 is 1.07 bits per heavy atom. The van der Waals surface area contributed by atoms with Crippen LogP contribution in [-0.2, 0) is 6.42 Å². The molecule has 0 aliphatic carbocycles. The van der Waals surface area contributed by atoms with E-state index in [0.29, 0.717) is 5.69 Å². The molecule has 0 spiro atoms. The summed E-state index contributed by atoms with van der Waals surface area (Å²) in [6, 6.07) is 21.0. The number of halogens is 3. The van der Waals surface area contributed by atoms with E-state index in [9.17, 15) is 18.0 Å². The Balaban J connectivity index is 1.30. The standard InChI is InChI=1S/C30H26F3N5O2S/c1-4-20-7-5-6-18(2)27(20)35-29(39)37-41-36-19(3)21-8-14-25-22(16-21)9-15-26-28(25)34-17-38(26)23-10-12-24(13-11-23)40-30(31,32)33/h5-17H,4H2,1-3H3,(H2,35,37,39). The van der Waals surface area contributed by atoms with Gasteiger partial charge >= 0.3 is 12.4 Å². The number of imidazole rings is 1. The molecule has 5 rings (SSSR count). The predicted octanol–water partition coefficient (Wildman–Crippen LogP) is 8.14. The Labute approximate surface area is 238 Å². The van der Waals surface area contributed by atoms with E-state index in [4.69, 9.17) is 0 Å². The number of amides is 2. The first kappa shape index (κ1) is 28.0. The summed E-state index contributed by atoms with van der Waals surface area (Å²) in [5.41, 5.74) is 6.71. The molecule has 5 aromatic rings. The number of urea groups is 1. The number of rotatable bonds is 7. The number of benzene rings is 4. The molecule has 7 nitrogen and oxygen atoms in total. The summed E-state index contributed by atoms with van der Waals surface area (Å²) in [6.45, 7) is 5.86. The molecular formula is C30H26F3N5O2S. The minimum Gasteiger partial charge on any atom is -0.406 e. The van der Waals surface area contributed by atoms with E-state index in [1.165, 1.54) is 12.1 Å². The molecule has 0 fully saturated rings. The minimum absolute atomic E-state index is 0.286. The van der Waals surface area contributed by atoms with Gasteiger partial charge in [-0.15, -0.1) is 13.2 Å². The highest BCUT2D eigenvalue weighted by molar-refractivity contribution is 7.96. The molecule has 0 aliphatic rings. The molecule has 0 saturated carbocycles. The van der Waals surface area contributed by atoms with E-state index in [-0.39, 0.29) is 11.8 Å². The van der Waals surface area contributed by atoms with E-state index in [1.807, 2.05) is 69.3 Å². The fourth-order valence-corrected chi connectivity index (χ4v) is 5.00. The summed E-state index contributed by atoms with van der Waals surface area (Å²) in [7, 11) is 0. The number of alkyl halides is 3. The summed E-state index contributed by atoms with van der Waals surface area (Å²) < 4.78 is 50.4. The monoisotopic (exact) mass is 577 g/mol. The maximum absolute atomic E-state index is 12.5. The van der Waals surface area contributed by atoms with Gasteiger partial charge in [0.1, 0.15) is 12.1 Å². The maximum Gasteiger partial charge on any atom is 0.573 e. The van der Waals surface area contributed by atoms with Crippen LogP contribution in [0.15, 0.2) is 83.5 Å². The number of anilines is 1. The number of carbonyl (C=O) groups excluding carboxylic acids is 1. The number of nitrogens with zero attached hydrogens (tertiary/aromatic N) is 3. The third-order valence-corrected chi connectivity index (χ3v) is 7.24. The van der Waals surface area contributed by atoms with Crippen molar-refractivity contribution >= 4 is 51.4 Å². The number of carbonyl (C=O) groups is 1. The minimum atomic E-state index is -4.74. The topological polar surface area (TPSA) is 80.5 Å². The average Bonchev–Trinajstić information content (AvgIpc) is 3.38. The van der Waals surface area contributed by atoms with Crippen molar-refractivity contribution < 1.29 is 22.7 Å². The lowest BCUT2D eigenvalue weighted by atomic mass is 10.0. The van der Waals surface area contributed by atoms with Gasteiger partial charge in [0.15, 0.2) is 0 Å². The zero-order valence-electron chi connectivity index (χ0n) is 22.4. The van der Waals surface area contributed by atoms with E-state index >= 15 is 0 Å². The molecular weight excluding hydrogens is 551 g/mol. The first-order valence-corrected chi connectivity index (χ1v) is 13.5. The highest BCUT2D eigenvalue weighted by Gasteiger charge is 2.31. The van der Waals surface area contributed by atoms with Gasteiger partial charge in [-0.25, -0.2) is 9.78 Å². The van der Waals surface area contributed by atoms with Crippen molar-refractivity contribution in [2.24, 2.45) is 4.40 Å². The van der Waals surface area contributed by atoms with Gasteiger partial charge in [0.2, 0.25) is 0 Å². The van der Waals surface area contributed by atoms with Crippen LogP contribution in [0.1, 0.15) is 30.5 Å². The molecule has 0 bridgehead atoms. The van der Waals surface area contributed by atoms with Crippen LogP contribution in [0.3, 0.4) is 0 Å². The number of ether oxygens (including phenoxy) is 1. The summed E-state index contributed by atoms with van der Waals surface area (Å²) in [5.74, 6) is -0.286. The molecule has 1 aromatic heterocycles. The van der Waals surface area contributed by atoms with Gasteiger partial charge in [0, 0.05) is 16.8 Å². The second kappa shape index (κ2) is 11.5. The highest BCUT2D eigenvalue weighted by Crippen LogP contribution is 2.29. The van der Waals surface area contributed by atoms with Crippen LogP contribution in [0.2, 0.25) is 0 Å². The molecule has 1 heterocycles. The fraction of sp³-hybridized carbons (Fsp3) is 0.167. The smallest absolute Gasteiger partial charge is 0.406 e. The van der Waals surface area contributed by atoms with Crippen LogP contribution in [0.5, 0.6) is 5.75 Å². The first-order chi connectivity index (χ1) is 19.6. The van der Waals surface area contributed by atoms with Gasteiger partial charge < -0.3 is 10.1 Å². The number of nitrogens with one attached hydrogen (secondary N) is 2. The number of fused-ring (bicyclic) bond motifs is 3. The number of aromatic nitrogens is 2. The van der Waals surface area contributed by atoms with Crippen molar-refractivity contribution in [3.05, 3.63) is 95.8 Å². The molecule has 4 aromatic carbocycles. The Hall–Kier alpha value is -4.51. The maximum atomic E-state index is 12.5. The number of para-hydroxylation sites is 1. The van der Waals surface area contributed by atoms with E-state index < -0.39 is 6.36 Å². The molecule has 0 saturated heterocycles. The lowest BCUT2D eigenvalue weighted by Gasteiger charge is -2.12.